The van der Waals surface area contributed by atoms with Crippen molar-refractivity contribution in [1.29, 1.82) is 0 Å². The molecule has 1 saturated carbocycles. The Bertz CT molecular complexity index is 679. The van der Waals surface area contributed by atoms with Crippen molar-refractivity contribution in [1.82, 2.24) is 15.5 Å². The summed E-state index contributed by atoms with van der Waals surface area (Å²) in [6.45, 7) is 3.27. The molecular weight excluding hydrogens is 334 g/mol. The molecule has 0 atom stereocenters. The fourth-order valence-electron chi connectivity index (χ4n) is 2.99. The smallest absolute Gasteiger partial charge is 0.409 e. The van der Waals surface area contributed by atoms with Crippen molar-refractivity contribution in [3.05, 3.63) is 35.4 Å². The number of nitrogens with one attached hydrogen (secondary N) is 2. The van der Waals surface area contributed by atoms with E-state index in [1.54, 1.807) is 36.1 Å². The molecule has 1 aliphatic carbocycles. The fourth-order valence-corrected chi connectivity index (χ4v) is 2.99. The lowest BCUT2D eigenvalue weighted by atomic mass is 10.0. The number of amides is 3. The van der Waals surface area contributed by atoms with E-state index in [-0.39, 0.29) is 30.0 Å². The largest absolute Gasteiger partial charge is 0.450 e. The van der Waals surface area contributed by atoms with Gasteiger partial charge in [-0.05, 0) is 50.8 Å². The van der Waals surface area contributed by atoms with Gasteiger partial charge in [0.25, 0.3) is 11.8 Å². The van der Waals surface area contributed by atoms with Crippen LogP contribution in [0.4, 0.5) is 4.79 Å². The van der Waals surface area contributed by atoms with Crippen LogP contribution < -0.4 is 10.6 Å². The Balaban J connectivity index is 1.52. The second-order valence-corrected chi connectivity index (χ2v) is 6.76. The summed E-state index contributed by atoms with van der Waals surface area (Å²) in [4.78, 5) is 38.0. The van der Waals surface area contributed by atoms with Crippen molar-refractivity contribution in [3.8, 4) is 0 Å². The predicted octanol–water partition coefficient (Wildman–Crippen LogP) is 1.93. The number of carbonyl (C=O) groups is 3. The van der Waals surface area contributed by atoms with Crippen molar-refractivity contribution < 1.29 is 19.1 Å². The lowest BCUT2D eigenvalue weighted by Crippen LogP contribution is -2.46. The summed E-state index contributed by atoms with van der Waals surface area (Å²) < 4.78 is 5.00. The zero-order valence-corrected chi connectivity index (χ0v) is 15.0. The summed E-state index contributed by atoms with van der Waals surface area (Å²) in [7, 11) is 0. The minimum absolute atomic E-state index is 0.0112. The summed E-state index contributed by atoms with van der Waals surface area (Å²) in [5.41, 5.74) is 0.975. The van der Waals surface area contributed by atoms with Gasteiger partial charge >= 0.3 is 6.09 Å². The number of carbonyl (C=O) groups excluding carboxylic acids is 3. The van der Waals surface area contributed by atoms with Gasteiger partial charge in [-0.15, -0.1) is 0 Å². The highest BCUT2D eigenvalue weighted by Crippen LogP contribution is 2.19. The molecule has 140 valence electrons. The number of hydrogen-bond acceptors (Lipinski definition) is 4. The molecular formula is C19H25N3O4. The lowest BCUT2D eigenvalue weighted by molar-refractivity contribution is 0.0859. The molecule has 7 nitrogen and oxygen atoms in total. The molecule has 2 fully saturated rings. The first-order valence-electron chi connectivity index (χ1n) is 9.20. The van der Waals surface area contributed by atoms with Crippen LogP contribution in [-0.2, 0) is 4.74 Å². The first-order chi connectivity index (χ1) is 12.6. The van der Waals surface area contributed by atoms with Crippen molar-refractivity contribution in [2.24, 2.45) is 0 Å². The highest BCUT2D eigenvalue weighted by molar-refractivity contribution is 5.99. The Morgan fingerprint density at radius 2 is 1.54 bits per heavy atom. The molecule has 3 rings (SSSR count). The van der Waals surface area contributed by atoms with Gasteiger partial charge in [0.15, 0.2) is 0 Å². The molecule has 0 spiro atoms. The summed E-state index contributed by atoms with van der Waals surface area (Å²) in [5.74, 6) is -0.328. The summed E-state index contributed by atoms with van der Waals surface area (Å²) in [6, 6.07) is 7.06. The van der Waals surface area contributed by atoms with Gasteiger partial charge in [0.05, 0.1) is 6.61 Å². The summed E-state index contributed by atoms with van der Waals surface area (Å²) >= 11 is 0. The van der Waals surface area contributed by atoms with Crippen molar-refractivity contribution >= 4 is 17.9 Å². The highest BCUT2D eigenvalue weighted by Gasteiger charge is 2.26. The third-order valence-electron chi connectivity index (χ3n) is 4.66. The third kappa shape index (κ3) is 4.74. The zero-order valence-electron chi connectivity index (χ0n) is 15.0. The molecule has 0 aromatic heterocycles. The zero-order chi connectivity index (χ0) is 18.5. The number of ether oxygens (including phenoxy) is 1. The molecule has 2 aliphatic rings. The van der Waals surface area contributed by atoms with Crippen LogP contribution in [0, 0.1) is 0 Å². The molecule has 0 radical (unpaired) electrons. The van der Waals surface area contributed by atoms with E-state index < -0.39 is 0 Å². The second-order valence-electron chi connectivity index (χ2n) is 6.76. The van der Waals surface area contributed by atoms with Gasteiger partial charge in [0, 0.05) is 36.3 Å². The molecule has 0 unspecified atom stereocenters. The molecule has 0 bridgehead atoms. The average Bonchev–Trinajstić information content (AvgIpc) is 3.46. The van der Waals surface area contributed by atoms with Crippen LogP contribution in [0.5, 0.6) is 0 Å². The summed E-state index contributed by atoms with van der Waals surface area (Å²) in [6.07, 6.45) is 3.12. The monoisotopic (exact) mass is 359 g/mol. The molecule has 1 aromatic rings. The number of piperidine rings is 1. The van der Waals surface area contributed by atoms with E-state index >= 15 is 0 Å². The van der Waals surface area contributed by atoms with Crippen molar-refractivity contribution in [3.63, 3.8) is 0 Å². The Morgan fingerprint density at radius 1 is 1.00 bits per heavy atom. The molecule has 1 aromatic carbocycles. The fraction of sp³-hybridized carbons (Fsp3) is 0.526. The Kier molecular flexibility index (Phi) is 5.75. The van der Waals surface area contributed by atoms with E-state index in [4.69, 9.17) is 4.74 Å². The first-order valence-corrected chi connectivity index (χ1v) is 9.20. The highest BCUT2D eigenvalue weighted by atomic mass is 16.6. The van der Waals surface area contributed by atoms with Gasteiger partial charge < -0.3 is 20.3 Å². The van der Waals surface area contributed by atoms with Crippen molar-refractivity contribution in [2.75, 3.05) is 19.7 Å². The number of hydrogen-bond donors (Lipinski definition) is 2. The van der Waals surface area contributed by atoms with Gasteiger partial charge in [-0.3, -0.25) is 9.59 Å². The van der Waals surface area contributed by atoms with Gasteiger partial charge in [0.1, 0.15) is 0 Å². The van der Waals surface area contributed by atoms with Crippen LogP contribution in [0.2, 0.25) is 0 Å². The van der Waals surface area contributed by atoms with Gasteiger partial charge in [-0.25, -0.2) is 4.79 Å². The van der Waals surface area contributed by atoms with Gasteiger partial charge in [-0.1, -0.05) is 6.07 Å². The normalized spacial score (nSPS) is 17.5. The van der Waals surface area contributed by atoms with Gasteiger partial charge in [-0.2, -0.15) is 0 Å². The van der Waals surface area contributed by atoms with Crippen LogP contribution in [0.3, 0.4) is 0 Å². The summed E-state index contributed by atoms with van der Waals surface area (Å²) in [5, 5.41) is 5.92. The first kappa shape index (κ1) is 18.2. The van der Waals surface area contributed by atoms with E-state index in [0.29, 0.717) is 43.7 Å². The van der Waals surface area contributed by atoms with Gasteiger partial charge in [0.2, 0.25) is 0 Å². The Morgan fingerprint density at radius 3 is 2.04 bits per heavy atom. The number of benzene rings is 1. The molecule has 1 aliphatic heterocycles. The minimum atomic E-state index is -0.299. The third-order valence-corrected chi connectivity index (χ3v) is 4.66. The van der Waals surface area contributed by atoms with E-state index in [2.05, 4.69) is 10.6 Å². The van der Waals surface area contributed by atoms with E-state index in [0.717, 1.165) is 12.8 Å². The van der Waals surface area contributed by atoms with Crippen LogP contribution in [-0.4, -0.2) is 54.6 Å². The Hall–Kier alpha value is -2.57. The average molecular weight is 359 g/mol. The molecule has 1 heterocycles. The molecule has 7 heteroatoms. The van der Waals surface area contributed by atoms with E-state index in [1.807, 2.05) is 0 Å². The van der Waals surface area contributed by atoms with E-state index in [1.165, 1.54) is 0 Å². The van der Waals surface area contributed by atoms with E-state index in [9.17, 15) is 14.4 Å². The second kappa shape index (κ2) is 8.21. The maximum absolute atomic E-state index is 12.5. The topological polar surface area (TPSA) is 87.7 Å². The number of rotatable bonds is 5. The number of likely N-dealkylation sites (tertiary alicyclic amines) is 1. The van der Waals surface area contributed by atoms with Crippen LogP contribution >= 0.6 is 0 Å². The quantitative estimate of drug-likeness (QED) is 0.841. The van der Waals surface area contributed by atoms with Crippen LogP contribution in [0.1, 0.15) is 53.3 Å². The Labute approximate surface area is 153 Å². The standard InChI is InChI=1S/C19H25N3O4/c1-2-26-19(25)22-10-8-16(9-11-22)21-18(24)14-5-3-4-13(12-14)17(23)20-15-6-7-15/h3-5,12,15-16H,2,6-11H2,1H3,(H,20,23)(H,21,24). The molecule has 1 saturated heterocycles. The van der Waals surface area contributed by atoms with Crippen molar-refractivity contribution in [2.45, 2.75) is 44.7 Å². The molecule has 2 N–H and O–H groups in total. The predicted molar refractivity (Wildman–Crippen MR) is 96.0 cm³/mol. The maximum Gasteiger partial charge on any atom is 0.409 e. The number of nitrogens with zero attached hydrogens (tertiary/aromatic N) is 1. The molecule has 26 heavy (non-hydrogen) atoms. The maximum atomic E-state index is 12.5. The van der Waals surface area contributed by atoms with Crippen LogP contribution in [0.25, 0.3) is 0 Å². The lowest BCUT2D eigenvalue weighted by Gasteiger charge is -2.31. The SMILES string of the molecule is CCOC(=O)N1CCC(NC(=O)c2cccc(C(=O)NC3CC3)c2)CC1. The molecule has 3 amide bonds. The van der Waals surface area contributed by atoms with Crippen LogP contribution in [0.15, 0.2) is 24.3 Å². The minimum Gasteiger partial charge on any atom is -0.450 e.